The summed E-state index contributed by atoms with van der Waals surface area (Å²) < 4.78 is 1.85. The van der Waals surface area contributed by atoms with Crippen LogP contribution in [0.25, 0.3) is 11.4 Å². The summed E-state index contributed by atoms with van der Waals surface area (Å²) in [6, 6.07) is 18.8. The van der Waals surface area contributed by atoms with Crippen LogP contribution in [0.5, 0.6) is 0 Å². The van der Waals surface area contributed by atoms with Gasteiger partial charge in [-0.15, -0.1) is 10.2 Å². The molecule has 0 aliphatic rings. The molecule has 0 unspecified atom stereocenters. The molecule has 1 amide bonds. The summed E-state index contributed by atoms with van der Waals surface area (Å²) in [5.41, 5.74) is 1.68. The molecule has 1 aromatic heterocycles. The minimum absolute atomic E-state index is 0.0810. The van der Waals surface area contributed by atoms with Gasteiger partial charge in [0.25, 0.3) is 0 Å². The smallest absolute Gasteiger partial charge is 0.237 e. The molecule has 0 fully saturated rings. The molecule has 0 radical (unpaired) electrons. The van der Waals surface area contributed by atoms with E-state index in [0.717, 1.165) is 11.3 Å². The molecule has 8 heteroatoms. The van der Waals surface area contributed by atoms with E-state index < -0.39 is 0 Å². The second kappa shape index (κ2) is 9.40. The van der Waals surface area contributed by atoms with Gasteiger partial charge in [0.2, 0.25) is 5.91 Å². The van der Waals surface area contributed by atoms with Gasteiger partial charge in [0.1, 0.15) is 0 Å². The Morgan fingerprint density at radius 2 is 1.89 bits per heavy atom. The fraction of sp³-hybridized carbons (Fsp3) is 0.200. The first-order valence-corrected chi connectivity index (χ1v) is 9.97. The quantitative estimate of drug-likeness (QED) is 0.545. The number of hydrogen-bond donors (Lipinski definition) is 0. The normalized spacial score (nSPS) is 10.5. The molecule has 0 bridgehead atoms. The van der Waals surface area contributed by atoms with Crippen LogP contribution in [-0.4, -0.2) is 33.0 Å². The van der Waals surface area contributed by atoms with Crippen LogP contribution in [0.15, 0.2) is 59.8 Å². The molecule has 6 nitrogen and oxygen atoms in total. The van der Waals surface area contributed by atoms with Crippen molar-refractivity contribution >= 4 is 35.0 Å². The van der Waals surface area contributed by atoms with Gasteiger partial charge in [-0.25, -0.2) is 0 Å². The molecule has 0 spiro atoms. The number of carbonyl (C=O) groups excluding carboxylic acids is 1. The van der Waals surface area contributed by atoms with Crippen molar-refractivity contribution in [3.8, 4) is 17.5 Å². The lowest BCUT2D eigenvalue weighted by Crippen LogP contribution is -2.33. The topological polar surface area (TPSA) is 74.8 Å². The molecule has 28 heavy (non-hydrogen) atoms. The Hall–Kier alpha value is -2.82. The third-order valence-electron chi connectivity index (χ3n) is 4.08. The third-order valence-corrected chi connectivity index (χ3v) is 5.34. The number of amides is 1. The number of thioether (sulfide) groups is 1. The third kappa shape index (κ3) is 4.71. The van der Waals surface area contributed by atoms with Crippen LogP contribution >= 0.6 is 23.4 Å². The van der Waals surface area contributed by atoms with Gasteiger partial charge in [0.15, 0.2) is 11.0 Å². The minimum Gasteiger partial charge on any atom is -0.311 e. The van der Waals surface area contributed by atoms with Crippen LogP contribution in [0.1, 0.15) is 6.42 Å². The first-order chi connectivity index (χ1) is 13.6. The summed E-state index contributed by atoms with van der Waals surface area (Å²) in [6.45, 7) is 0.356. The summed E-state index contributed by atoms with van der Waals surface area (Å²) >= 11 is 7.26. The number of para-hydroxylation sites is 1. The van der Waals surface area contributed by atoms with Crippen LogP contribution in [0.3, 0.4) is 0 Å². The average Bonchev–Trinajstić information content (AvgIpc) is 3.08. The summed E-state index contributed by atoms with van der Waals surface area (Å²) in [5, 5.41) is 18.6. The van der Waals surface area contributed by atoms with Crippen LogP contribution < -0.4 is 4.90 Å². The van der Waals surface area contributed by atoms with Gasteiger partial charge in [-0.05, 0) is 36.4 Å². The molecule has 0 aliphatic heterocycles. The van der Waals surface area contributed by atoms with Crippen molar-refractivity contribution in [2.45, 2.75) is 11.6 Å². The number of nitriles is 1. The summed E-state index contributed by atoms with van der Waals surface area (Å²) in [4.78, 5) is 14.4. The maximum absolute atomic E-state index is 12.8. The fourth-order valence-electron chi connectivity index (χ4n) is 2.66. The molecule has 0 aliphatic carbocycles. The number of hydrogen-bond acceptors (Lipinski definition) is 5. The van der Waals surface area contributed by atoms with E-state index in [1.54, 1.807) is 17.0 Å². The van der Waals surface area contributed by atoms with Crippen molar-refractivity contribution in [3.63, 3.8) is 0 Å². The maximum Gasteiger partial charge on any atom is 0.237 e. The monoisotopic (exact) mass is 411 g/mol. The molecule has 0 saturated heterocycles. The van der Waals surface area contributed by atoms with Crippen LogP contribution in [0.2, 0.25) is 5.02 Å². The molecule has 0 saturated carbocycles. The zero-order valence-corrected chi connectivity index (χ0v) is 16.8. The van der Waals surface area contributed by atoms with Crippen molar-refractivity contribution in [1.29, 1.82) is 5.26 Å². The van der Waals surface area contributed by atoms with E-state index in [4.69, 9.17) is 16.9 Å². The van der Waals surface area contributed by atoms with Gasteiger partial charge in [-0.3, -0.25) is 4.79 Å². The molecular formula is C20H18ClN5OS. The van der Waals surface area contributed by atoms with E-state index in [0.29, 0.717) is 22.5 Å². The number of benzene rings is 2. The van der Waals surface area contributed by atoms with E-state index in [9.17, 15) is 4.79 Å². The first-order valence-electron chi connectivity index (χ1n) is 8.60. The number of nitrogens with zero attached hydrogens (tertiary/aromatic N) is 5. The van der Waals surface area contributed by atoms with Crippen molar-refractivity contribution in [2.24, 2.45) is 7.05 Å². The molecular weight excluding hydrogens is 394 g/mol. The van der Waals surface area contributed by atoms with Gasteiger partial charge in [-0.2, -0.15) is 5.26 Å². The Bertz CT molecular complexity index is 982. The predicted molar refractivity (Wildman–Crippen MR) is 111 cm³/mol. The number of anilines is 1. The lowest BCUT2D eigenvalue weighted by Gasteiger charge is -2.21. The Balaban J connectivity index is 1.71. The average molecular weight is 412 g/mol. The molecule has 0 atom stereocenters. The predicted octanol–water partition coefficient (Wildman–Crippen LogP) is 4.17. The van der Waals surface area contributed by atoms with Gasteiger partial charge in [0, 0.05) is 29.9 Å². The number of halogens is 1. The number of rotatable bonds is 7. The highest BCUT2D eigenvalue weighted by atomic mass is 35.5. The van der Waals surface area contributed by atoms with E-state index in [2.05, 4.69) is 16.3 Å². The minimum atomic E-state index is -0.0810. The highest BCUT2D eigenvalue weighted by Gasteiger charge is 2.18. The van der Waals surface area contributed by atoms with Crippen LogP contribution in [0.4, 0.5) is 5.69 Å². The summed E-state index contributed by atoms with van der Waals surface area (Å²) in [6.07, 6.45) is 0.274. The van der Waals surface area contributed by atoms with E-state index >= 15 is 0 Å². The second-order valence-corrected chi connectivity index (χ2v) is 7.33. The van der Waals surface area contributed by atoms with Crippen molar-refractivity contribution in [2.75, 3.05) is 17.2 Å². The van der Waals surface area contributed by atoms with Crippen LogP contribution in [0, 0.1) is 11.3 Å². The van der Waals surface area contributed by atoms with E-state index in [1.165, 1.54) is 11.8 Å². The van der Waals surface area contributed by atoms with Gasteiger partial charge in [-0.1, -0.05) is 41.6 Å². The Morgan fingerprint density at radius 1 is 1.18 bits per heavy atom. The highest BCUT2D eigenvalue weighted by Crippen LogP contribution is 2.25. The summed E-state index contributed by atoms with van der Waals surface area (Å²) in [7, 11) is 1.86. The van der Waals surface area contributed by atoms with Gasteiger partial charge < -0.3 is 9.47 Å². The largest absolute Gasteiger partial charge is 0.311 e. The van der Waals surface area contributed by atoms with Crippen molar-refractivity contribution < 1.29 is 4.79 Å². The molecule has 142 valence electrons. The number of carbonyl (C=O) groups is 1. The van der Waals surface area contributed by atoms with Crippen molar-refractivity contribution in [3.05, 3.63) is 59.6 Å². The van der Waals surface area contributed by atoms with E-state index in [1.807, 2.05) is 54.1 Å². The molecule has 3 rings (SSSR count). The zero-order valence-electron chi connectivity index (χ0n) is 15.2. The highest BCUT2D eigenvalue weighted by molar-refractivity contribution is 7.99. The molecule has 2 aromatic carbocycles. The van der Waals surface area contributed by atoms with Crippen LogP contribution in [-0.2, 0) is 11.8 Å². The standard InChI is InChI=1S/C20H18ClN5OS/c1-25-19(15-8-10-16(21)11-9-15)23-24-20(25)28-14-18(27)26(13-5-12-22)17-6-3-2-4-7-17/h2-4,6-11H,5,13-14H2,1H3. The Morgan fingerprint density at radius 3 is 2.57 bits per heavy atom. The zero-order chi connectivity index (χ0) is 19.9. The summed E-state index contributed by atoms with van der Waals surface area (Å²) in [5.74, 6) is 0.825. The molecule has 3 aromatic rings. The molecule has 1 heterocycles. The maximum atomic E-state index is 12.8. The SMILES string of the molecule is Cn1c(SCC(=O)N(CCC#N)c2ccccc2)nnc1-c1ccc(Cl)cc1. The fourth-order valence-corrected chi connectivity index (χ4v) is 3.58. The van der Waals surface area contributed by atoms with Gasteiger partial charge in [0.05, 0.1) is 18.2 Å². The molecule has 0 N–H and O–H groups in total. The lowest BCUT2D eigenvalue weighted by molar-refractivity contribution is -0.116. The van der Waals surface area contributed by atoms with Crippen molar-refractivity contribution in [1.82, 2.24) is 14.8 Å². The van der Waals surface area contributed by atoms with E-state index in [-0.39, 0.29) is 18.1 Å². The van der Waals surface area contributed by atoms with Gasteiger partial charge >= 0.3 is 0 Å². The second-order valence-electron chi connectivity index (χ2n) is 5.95. The Labute approximate surface area is 172 Å². The lowest BCUT2D eigenvalue weighted by atomic mass is 10.2. The number of aromatic nitrogens is 3. The first kappa shape index (κ1) is 19.9. The Kier molecular flexibility index (Phi) is 6.69.